The highest BCUT2D eigenvalue weighted by molar-refractivity contribution is 5.58. The lowest BCUT2D eigenvalue weighted by atomic mass is 10.00. The normalized spacial score (nSPS) is 16.0. The van der Waals surface area contributed by atoms with Crippen molar-refractivity contribution in [2.45, 2.75) is 25.8 Å². The third-order valence-electron chi connectivity index (χ3n) is 5.87. The van der Waals surface area contributed by atoms with Crippen molar-refractivity contribution in [2.24, 2.45) is 0 Å². The molecule has 0 aromatic carbocycles. The molecule has 0 bridgehead atoms. The van der Waals surface area contributed by atoms with Crippen LogP contribution in [0, 0.1) is 6.92 Å². The molecule has 11 heteroatoms. The van der Waals surface area contributed by atoms with E-state index < -0.39 is 12.5 Å². The predicted molar refractivity (Wildman–Crippen MR) is 114 cm³/mol. The van der Waals surface area contributed by atoms with Gasteiger partial charge in [0, 0.05) is 36.6 Å². The van der Waals surface area contributed by atoms with Crippen LogP contribution >= 0.6 is 0 Å². The number of alkyl halides is 2. The first-order chi connectivity index (χ1) is 16.1. The van der Waals surface area contributed by atoms with E-state index in [4.69, 9.17) is 4.42 Å². The molecule has 0 aliphatic carbocycles. The summed E-state index contributed by atoms with van der Waals surface area (Å²) < 4.78 is 34.6. The second-order valence-corrected chi connectivity index (χ2v) is 7.83. The SMILES string of the molecule is Cc1cccnc1-c1nnc(N2CCc3[nH]cnc3[C@@H]2c2cc3c(C(F)F)cccn3n2)o1. The van der Waals surface area contributed by atoms with Gasteiger partial charge in [0.05, 0.1) is 23.2 Å². The van der Waals surface area contributed by atoms with Crippen molar-refractivity contribution in [2.75, 3.05) is 11.4 Å². The van der Waals surface area contributed by atoms with Crippen LogP contribution in [0.2, 0.25) is 0 Å². The zero-order chi connectivity index (χ0) is 22.5. The second-order valence-electron chi connectivity index (χ2n) is 7.83. The van der Waals surface area contributed by atoms with Crippen LogP contribution < -0.4 is 4.90 Å². The van der Waals surface area contributed by atoms with Gasteiger partial charge in [-0.25, -0.2) is 18.3 Å². The van der Waals surface area contributed by atoms with Gasteiger partial charge in [0.2, 0.25) is 0 Å². The van der Waals surface area contributed by atoms with Crippen LogP contribution in [0.25, 0.3) is 17.1 Å². The maximum Gasteiger partial charge on any atom is 0.319 e. The topological polar surface area (TPSA) is 101 Å². The molecule has 0 fully saturated rings. The van der Waals surface area contributed by atoms with Crippen molar-refractivity contribution in [1.29, 1.82) is 0 Å². The summed E-state index contributed by atoms with van der Waals surface area (Å²) in [7, 11) is 0. The number of halogens is 2. The molecule has 5 aromatic rings. The van der Waals surface area contributed by atoms with E-state index in [0.717, 1.165) is 17.0 Å². The molecule has 6 rings (SSSR count). The Morgan fingerprint density at radius 2 is 2.09 bits per heavy atom. The van der Waals surface area contributed by atoms with Gasteiger partial charge in [0.25, 0.3) is 12.3 Å². The molecule has 1 aliphatic heterocycles. The lowest BCUT2D eigenvalue weighted by Gasteiger charge is -2.32. The van der Waals surface area contributed by atoms with Gasteiger partial charge in [-0.1, -0.05) is 11.2 Å². The predicted octanol–water partition coefficient (Wildman–Crippen LogP) is 3.90. The number of aromatic nitrogens is 7. The molecule has 0 saturated carbocycles. The molecule has 5 aromatic heterocycles. The number of hydrogen-bond donors (Lipinski definition) is 1. The number of imidazole rings is 1. The molecule has 0 radical (unpaired) electrons. The molecule has 1 atom stereocenters. The highest BCUT2D eigenvalue weighted by atomic mass is 19.3. The van der Waals surface area contributed by atoms with Crippen LogP contribution in [0.1, 0.15) is 40.7 Å². The van der Waals surface area contributed by atoms with Crippen molar-refractivity contribution in [3.8, 4) is 11.6 Å². The molecule has 6 heterocycles. The standard InChI is InChI=1S/C22H18F2N8O/c1-12-4-2-7-25-17(12)21-28-29-22(33-21)31-9-6-14-18(27-11-26-14)19(31)15-10-16-13(20(23)24)5-3-8-32(16)30-15/h2-5,7-8,10-11,19-20H,6,9H2,1H3,(H,26,27)/t19-/m0/s1. The maximum atomic E-state index is 13.6. The van der Waals surface area contributed by atoms with Crippen molar-refractivity contribution in [1.82, 2.24) is 34.8 Å². The van der Waals surface area contributed by atoms with Gasteiger partial charge in [-0.05, 0) is 36.8 Å². The summed E-state index contributed by atoms with van der Waals surface area (Å²) in [5, 5.41) is 13.1. The first kappa shape index (κ1) is 19.5. The monoisotopic (exact) mass is 448 g/mol. The van der Waals surface area contributed by atoms with Crippen LogP contribution in [-0.2, 0) is 6.42 Å². The summed E-state index contributed by atoms with van der Waals surface area (Å²) in [6, 6.07) is 8.20. The Morgan fingerprint density at radius 3 is 2.94 bits per heavy atom. The molecular formula is C22H18F2N8O. The van der Waals surface area contributed by atoms with E-state index in [9.17, 15) is 8.78 Å². The van der Waals surface area contributed by atoms with E-state index in [1.807, 2.05) is 24.0 Å². The molecule has 0 amide bonds. The van der Waals surface area contributed by atoms with Gasteiger partial charge >= 0.3 is 6.01 Å². The quantitative estimate of drug-likeness (QED) is 0.445. The van der Waals surface area contributed by atoms with E-state index in [0.29, 0.717) is 41.8 Å². The zero-order valence-electron chi connectivity index (χ0n) is 17.5. The Bertz CT molecular complexity index is 1460. The fourth-order valence-corrected chi connectivity index (χ4v) is 4.29. The lowest BCUT2D eigenvalue weighted by molar-refractivity contribution is 0.152. The number of aryl methyl sites for hydroxylation is 1. The van der Waals surface area contributed by atoms with E-state index in [1.54, 1.807) is 30.9 Å². The highest BCUT2D eigenvalue weighted by Gasteiger charge is 2.36. The van der Waals surface area contributed by atoms with Crippen LogP contribution in [0.4, 0.5) is 14.8 Å². The number of pyridine rings is 2. The number of nitrogens with one attached hydrogen (secondary N) is 1. The number of anilines is 1. The summed E-state index contributed by atoms with van der Waals surface area (Å²) in [6.45, 7) is 2.47. The number of nitrogens with zero attached hydrogens (tertiary/aromatic N) is 7. The molecule has 1 aliphatic rings. The number of rotatable bonds is 4. The van der Waals surface area contributed by atoms with Gasteiger partial charge in [-0.15, -0.1) is 5.10 Å². The Hall–Kier alpha value is -4.15. The van der Waals surface area contributed by atoms with Gasteiger partial charge in [-0.2, -0.15) is 5.10 Å². The van der Waals surface area contributed by atoms with E-state index >= 15 is 0 Å². The van der Waals surface area contributed by atoms with Crippen LogP contribution in [-0.4, -0.2) is 41.3 Å². The zero-order valence-corrected chi connectivity index (χ0v) is 17.5. The summed E-state index contributed by atoms with van der Waals surface area (Å²) in [4.78, 5) is 13.9. The minimum atomic E-state index is -2.61. The molecular weight excluding hydrogens is 430 g/mol. The minimum Gasteiger partial charge on any atom is -0.402 e. The van der Waals surface area contributed by atoms with Crippen molar-refractivity contribution in [3.63, 3.8) is 0 Å². The molecule has 0 unspecified atom stereocenters. The third kappa shape index (κ3) is 3.15. The molecule has 0 saturated heterocycles. The Kier molecular flexibility index (Phi) is 4.42. The average molecular weight is 448 g/mol. The number of aromatic amines is 1. The largest absolute Gasteiger partial charge is 0.402 e. The van der Waals surface area contributed by atoms with Crippen molar-refractivity contribution in [3.05, 3.63) is 77.3 Å². The fourth-order valence-electron chi connectivity index (χ4n) is 4.29. The molecule has 33 heavy (non-hydrogen) atoms. The number of H-pyrrole nitrogens is 1. The summed E-state index contributed by atoms with van der Waals surface area (Å²) in [6.07, 6.45) is 3.02. The fraction of sp³-hybridized carbons (Fsp3) is 0.227. The van der Waals surface area contributed by atoms with E-state index in [-0.39, 0.29) is 5.56 Å². The van der Waals surface area contributed by atoms with Gasteiger partial charge in [-0.3, -0.25) is 4.98 Å². The van der Waals surface area contributed by atoms with Crippen LogP contribution in [0.5, 0.6) is 0 Å². The summed E-state index contributed by atoms with van der Waals surface area (Å²) in [5.41, 5.74) is 4.06. The highest BCUT2D eigenvalue weighted by Crippen LogP contribution is 2.37. The van der Waals surface area contributed by atoms with E-state index in [1.165, 1.54) is 10.6 Å². The van der Waals surface area contributed by atoms with Crippen LogP contribution in [0.3, 0.4) is 0 Å². The smallest absolute Gasteiger partial charge is 0.319 e. The third-order valence-corrected chi connectivity index (χ3v) is 5.87. The Morgan fingerprint density at radius 1 is 1.18 bits per heavy atom. The van der Waals surface area contributed by atoms with Gasteiger partial charge < -0.3 is 14.3 Å². The van der Waals surface area contributed by atoms with Crippen molar-refractivity contribution < 1.29 is 13.2 Å². The van der Waals surface area contributed by atoms with Gasteiger partial charge in [0.1, 0.15) is 11.7 Å². The molecule has 166 valence electrons. The Balaban J connectivity index is 1.46. The summed E-state index contributed by atoms with van der Waals surface area (Å²) >= 11 is 0. The molecule has 9 nitrogen and oxygen atoms in total. The van der Waals surface area contributed by atoms with E-state index in [2.05, 4.69) is 30.2 Å². The second kappa shape index (κ2) is 7.47. The first-order valence-electron chi connectivity index (χ1n) is 10.4. The number of hydrogen-bond acceptors (Lipinski definition) is 7. The minimum absolute atomic E-state index is 0.0773. The Labute approximate surface area is 186 Å². The number of fused-ring (bicyclic) bond motifs is 2. The maximum absolute atomic E-state index is 13.6. The summed E-state index contributed by atoms with van der Waals surface area (Å²) in [5.74, 6) is 0.310. The van der Waals surface area contributed by atoms with Crippen molar-refractivity contribution >= 4 is 11.5 Å². The molecule has 0 spiro atoms. The average Bonchev–Trinajstić information content (AvgIpc) is 3.56. The van der Waals surface area contributed by atoms with Gasteiger partial charge in [0.15, 0.2) is 0 Å². The first-order valence-corrected chi connectivity index (χ1v) is 10.4. The van der Waals surface area contributed by atoms with Crippen LogP contribution in [0.15, 0.2) is 53.5 Å². The molecule has 1 N–H and O–H groups in total. The lowest BCUT2D eigenvalue weighted by Crippen LogP contribution is -2.36.